The van der Waals surface area contributed by atoms with Gasteiger partial charge in [0.15, 0.2) is 0 Å². The van der Waals surface area contributed by atoms with Gasteiger partial charge in [0.2, 0.25) is 11.8 Å². The second-order valence-electron chi connectivity index (χ2n) is 12.2. The molecule has 3 aliphatic heterocycles. The first-order valence-electron chi connectivity index (χ1n) is 13.7. The predicted octanol–water partition coefficient (Wildman–Crippen LogP) is 5.10. The average Bonchev–Trinajstić information content (AvgIpc) is 3.44. The van der Waals surface area contributed by atoms with Crippen LogP contribution >= 0.6 is 36.2 Å². The quantitative estimate of drug-likeness (QED) is 0.393. The lowest BCUT2D eigenvalue weighted by atomic mass is 9.99. The summed E-state index contributed by atoms with van der Waals surface area (Å²) in [5.74, 6) is -1.00. The number of nitrogens with one attached hydrogen (secondary N) is 1. The fourth-order valence-electron chi connectivity index (χ4n) is 7.02. The molecule has 4 atom stereocenters. The number of amides is 3. The van der Waals surface area contributed by atoms with Gasteiger partial charge in [0.05, 0.1) is 39.9 Å². The Hall–Kier alpha value is -2.80. The zero-order valence-electron chi connectivity index (χ0n) is 23.5. The number of fused-ring (bicyclic) bond motifs is 3. The number of piperidine rings is 1. The van der Waals surface area contributed by atoms with Crippen LogP contribution in [-0.4, -0.2) is 63.2 Å². The van der Waals surface area contributed by atoms with Gasteiger partial charge in [0, 0.05) is 35.8 Å². The van der Waals surface area contributed by atoms with Crippen molar-refractivity contribution in [1.82, 2.24) is 25.1 Å². The third-order valence-corrected chi connectivity index (χ3v) is 10.4. The number of aryl methyl sites for hydroxylation is 1. The molecule has 0 bridgehead atoms. The van der Waals surface area contributed by atoms with E-state index in [-0.39, 0.29) is 89.2 Å². The van der Waals surface area contributed by atoms with Gasteiger partial charge >= 0.3 is 6.18 Å². The average molecular weight is 657 g/mol. The van der Waals surface area contributed by atoms with Crippen LogP contribution in [-0.2, 0) is 22.3 Å². The number of hydrogen-bond acceptors (Lipinski definition) is 7. The zero-order valence-corrected chi connectivity index (χ0v) is 26.0. The van der Waals surface area contributed by atoms with Crippen LogP contribution in [0.5, 0.6) is 0 Å². The molecular weight excluding hydrogens is 626 g/mol. The van der Waals surface area contributed by atoms with E-state index in [1.54, 1.807) is 17.0 Å². The summed E-state index contributed by atoms with van der Waals surface area (Å²) in [6, 6.07) is 4.44. The number of alkyl halides is 3. The van der Waals surface area contributed by atoms with Crippen LogP contribution < -0.4 is 5.32 Å². The molecule has 7 rings (SSSR count). The number of pyridine rings is 2. The molecule has 4 fully saturated rings. The van der Waals surface area contributed by atoms with Crippen molar-refractivity contribution in [3.05, 3.63) is 46.1 Å². The normalized spacial score (nSPS) is 25.4. The molecule has 0 aromatic carbocycles. The smallest absolute Gasteiger partial charge is 0.337 e. The molecular formula is C29H30Cl2F3N5O3S. The number of aromatic nitrogens is 2. The highest BCUT2D eigenvalue weighted by Gasteiger charge is 2.72. The van der Waals surface area contributed by atoms with Crippen LogP contribution in [0, 0.1) is 30.1 Å². The van der Waals surface area contributed by atoms with Crippen LogP contribution in [0.25, 0.3) is 21.5 Å². The highest BCUT2D eigenvalue weighted by atomic mass is 35.5. The number of imide groups is 1. The molecule has 0 radical (unpaired) electrons. The molecule has 2 unspecified atom stereocenters. The summed E-state index contributed by atoms with van der Waals surface area (Å²) in [7, 11) is 0. The van der Waals surface area contributed by atoms with Crippen LogP contribution in [0.3, 0.4) is 0 Å². The molecule has 3 aromatic heterocycles. The summed E-state index contributed by atoms with van der Waals surface area (Å²) in [5, 5.41) is 3.40. The predicted molar refractivity (Wildman–Crippen MR) is 159 cm³/mol. The lowest BCUT2D eigenvalue weighted by molar-refractivity contribution is -0.144. The minimum Gasteiger partial charge on any atom is -0.337 e. The van der Waals surface area contributed by atoms with Gasteiger partial charge in [-0.25, -0.2) is 4.98 Å². The van der Waals surface area contributed by atoms with Gasteiger partial charge in [-0.2, -0.15) is 13.2 Å². The number of carbonyl (C=O) groups excluding carboxylic acids is 3. The number of rotatable bonds is 4. The van der Waals surface area contributed by atoms with Crippen molar-refractivity contribution < 1.29 is 27.6 Å². The Balaban J connectivity index is 0.00000184. The molecule has 3 aromatic rings. The van der Waals surface area contributed by atoms with E-state index in [1.807, 2.05) is 13.8 Å². The van der Waals surface area contributed by atoms with Crippen molar-refractivity contribution in [1.29, 1.82) is 0 Å². The van der Waals surface area contributed by atoms with Gasteiger partial charge in [0.25, 0.3) is 5.91 Å². The van der Waals surface area contributed by atoms with E-state index in [0.29, 0.717) is 39.7 Å². The second kappa shape index (κ2) is 10.7. The van der Waals surface area contributed by atoms with E-state index in [1.165, 1.54) is 29.4 Å². The van der Waals surface area contributed by atoms with E-state index < -0.39 is 11.9 Å². The largest absolute Gasteiger partial charge is 0.433 e. The molecule has 8 nitrogen and oxygen atoms in total. The molecule has 3 saturated heterocycles. The van der Waals surface area contributed by atoms with Crippen LogP contribution in [0.15, 0.2) is 24.4 Å². The second-order valence-corrected chi connectivity index (χ2v) is 13.3. The molecule has 43 heavy (non-hydrogen) atoms. The highest BCUT2D eigenvalue weighted by Crippen LogP contribution is 2.63. The summed E-state index contributed by atoms with van der Waals surface area (Å²) in [5.41, 5.74) is -0.212. The number of thiophene rings is 1. The molecule has 14 heteroatoms. The first kappa shape index (κ1) is 31.6. The molecule has 1 aliphatic carbocycles. The van der Waals surface area contributed by atoms with Gasteiger partial charge in [-0.1, -0.05) is 13.8 Å². The lowest BCUT2D eigenvalue weighted by Crippen LogP contribution is -2.35. The van der Waals surface area contributed by atoms with Gasteiger partial charge < -0.3 is 10.2 Å². The molecule has 6 heterocycles. The van der Waals surface area contributed by atoms with Crippen molar-refractivity contribution in [2.24, 2.45) is 23.2 Å². The maximum atomic E-state index is 13.9. The number of nitrogens with zero attached hydrogens (tertiary/aromatic N) is 4. The number of hydrogen-bond donors (Lipinski definition) is 1. The van der Waals surface area contributed by atoms with Gasteiger partial charge in [-0.3, -0.25) is 24.3 Å². The molecule has 3 amide bonds. The lowest BCUT2D eigenvalue weighted by Gasteiger charge is -2.22. The van der Waals surface area contributed by atoms with E-state index in [2.05, 4.69) is 15.3 Å². The zero-order chi connectivity index (χ0) is 29.0. The number of likely N-dealkylation sites (tertiary alicyclic amines) is 2. The molecule has 4 aliphatic rings. The van der Waals surface area contributed by atoms with Crippen LogP contribution in [0.4, 0.5) is 13.2 Å². The Morgan fingerprint density at radius 1 is 1.14 bits per heavy atom. The summed E-state index contributed by atoms with van der Waals surface area (Å²) in [4.78, 5) is 51.7. The van der Waals surface area contributed by atoms with Crippen molar-refractivity contribution >= 4 is 64.1 Å². The third-order valence-electron chi connectivity index (χ3n) is 9.29. The minimum absolute atomic E-state index is 0. The first-order valence-corrected chi connectivity index (χ1v) is 14.5. The molecule has 1 saturated carbocycles. The van der Waals surface area contributed by atoms with Gasteiger partial charge in [-0.05, 0) is 55.0 Å². The molecule has 0 spiro atoms. The molecule has 1 N–H and O–H groups in total. The Morgan fingerprint density at radius 3 is 2.49 bits per heavy atom. The Bertz CT molecular complexity index is 1630. The Labute approximate surface area is 262 Å². The summed E-state index contributed by atoms with van der Waals surface area (Å²) < 4.78 is 42.3. The maximum absolute atomic E-state index is 13.9. The third kappa shape index (κ3) is 4.90. The van der Waals surface area contributed by atoms with E-state index in [4.69, 9.17) is 0 Å². The Morgan fingerprint density at radius 2 is 1.84 bits per heavy atom. The fourth-order valence-corrected chi connectivity index (χ4v) is 8.14. The summed E-state index contributed by atoms with van der Waals surface area (Å²) >= 11 is 1.25. The van der Waals surface area contributed by atoms with Crippen molar-refractivity contribution in [3.8, 4) is 11.3 Å². The Kier molecular flexibility index (Phi) is 7.85. The fraction of sp³-hybridized carbons (Fsp3) is 0.483. The highest BCUT2D eigenvalue weighted by molar-refractivity contribution is 7.19. The van der Waals surface area contributed by atoms with Gasteiger partial charge in [-0.15, -0.1) is 36.2 Å². The standard InChI is InChI=1S/C29H28F3N5O3S.2ClH/c1-13-8-19(29(30,31)32)35-23(20(13)25(38)36-10-14-4-6-34-18(14)12-36)16-5-7-33-17-9-15(41-24(16)17)11-37-26(39)21-22(27(37)40)28(21,2)3;;/h5,7-9,14,18,21-22,34H,4,6,10-12H2,1-3H3;2*1H/t14-,18+,21?,22?;;/m1../s1. The van der Waals surface area contributed by atoms with E-state index >= 15 is 0 Å². The monoisotopic (exact) mass is 655 g/mol. The number of carbonyl (C=O) groups is 3. The van der Waals surface area contributed by atoms with Crippen LogP contribution in [0.2, 0.25) is 0 Å². The number of halogens is 5. The summed E-state index contributed by atoms with van der Waals surface area (Å²) in [6.07, 6.45) is -2.27. The van der Waals surface area contributed by atoms with Crippen LogP contribution in [0.1, 0.15) is 46.8 Å². The van der Waals surface area contributed by atoms with Gasteiger partial charge in [0.1, 0.15) is 5.69 Å². The first-order chi connectivity index (χ1) is 19.4. The van der Waals surface area contributed by atoms with E-state index in [0.717, 1.165) is 19.0 Å². The minimum atomic E-state index is -4.70. The van der Waals surface area contributed by atoms with Crippen molar-refractivity contribution in [2.75, 3.05) is 19.6 Å². The topological polar surface area (TPSA) is 95.5 Å². The van der Waals surface area contributed by atoms with E-state index in [9.17, 15) is 27.6 Å². The summed E-state index contributed by atoms with van der Waals surface area (Å²) in [6.45, 7) is 7.35. The van der Waals surface area contributed by atoms with Crippen molar-refractivity contribution in [2.45, 2.75) is 46.0 Å². The maximum Gasteiger partial charge on any atom is 0.433 e. The van der Waals surface area contributed by atoms with Crippen molar-refractivity contribution in [3.63, 3.8) is 0 Å². The SMILES string of the molecule is Cc1cc(C(F)(F)F)nc(-c2ccnc3cc(CN4C(=O)C5C(C4=O)C5(C)C)sc23)c1C(=O)N1C[C@H]2CCN[C@H]2C1.Cl.Cl. The molecule has 230 valence electrons.